The van der Waals surface area contributed by atoms with E-state index in [0.29, 0.717) is 0 Å². The first-order chi connectivity index (χ1) is 10.9. The van der Waals surface area contributed by atoms with Crippen molar-refractivity contribution in [2.24, 2.45) is 5.92 Å². The number of carboxylic acid groups (broad SMARTS) is 1. The van der Waals surface area contributed by atoms with Crippen LogP contribution in [-0.2, 0) is 9.59 Å². The van der Waals surface area contributed by atoms with Crippen LogP contribution in [0.15, 0.2) is 24.3 Å². The molecular formula is C15H18N2O6. The van der Waals surface area contributed by atoms with Gasteiger partial charge in [0.05, 0.1) is 16.9 Å². The first kappa shape index (κ1) is 16.7. The smallest absolute Gasteiger partial charge is 0.308 e. The molecule has 0 heterocycles. The minimum absolute atomic E-state index is 0.0676. The number of ether oxygens (including phenoxy) is 1. The summed E-state index contributed by atoms with van der Waals surface area (Å²) in [4.78, 5) is 34.9. The van der Waals surface area contributed by atoms with Gasteiger partial charge in [0.25, 0.3) is 11.6 Å². The normalized spacial score (nSPS) is 14.8. The molecule has 8 nitrogen and oxygen atoms in total. The highest BCUT2D eigenvalue weighted by Gasteiger charge is 2.34. The summed E-state index contributed by atoms with van der Waals surface area (Å²) < 4.78 is 5.32. The Morgan fingerprint density at radius 1 is 1.48 bits per heavy atom. The molecule has 0 bridgehead atoms. The zero-order valence-corrected chi connectivity index (χ0v) is 12.7. The monoisotopic (exact) mass is 322 g/mol. The summed E-state index contributed by atoms with van der Waals surface area (Å²) in [6, 6.07) is 5.65. The van der Waals surface area contributed by atoms with Crippen molar-refractivity contribution >= 4 is 17.6 Å². The van der Waals surface area contributed by atoms with E-state index < -0.39 is 16.8 Å². The molecule has 0 saturated heterocycles. The molecule has 2 rings (SSSR count). The van der Waals surface area contributed by atoms with E-state index in [2.05, 4.69) is 0 Å². The summed E-state index contributed by atoms with van der Waals surface area (Å²) >= 11 is 0. The molecule has 1 saturated carbocycles. The Kier molecular flexibility index (Phi) is 5.15. The number of carbonyl (C=O) groups is 2. The Bertz CT molecular complexity index is 614. The Morgan fingerprint density at radius 2 is 2.17 bits per heavy atom. The number of rotatable bonds is 8. The third-order valence-corrected chi connectivity index (χ3v) is 3.59. The molecular weight excluding hydrogens is 304 g/mol. The fourth-order valence-electron chi connectivity index (χ4n) is 2.13. The Morgan fingerprint density at radius 3 is 2.74 bits per heavy atom. The van der Waals surface area contributed by atoms with Crippen LogP contribution in [-0.4, -0.2) is 46.0 Å². The number of amides is 1. The molecule has 1 atom stereocenters. The van der Waals surface area contributed by atoms with Gasteiger partial charge < -0.3 is 14.7 Å². The fraction of sp³-hybridized carbons (Fsp3) is 0.467. The predicted octanol–water partition coefficient (Wildman–Crippen LogP) is 1.69. The zero-order chi connectivity index (χ0) is 17.0. The summed E-state index contributed by atoms with van der Waals surface area (Å²) in [6.45, 7) is 1.41. The standard InChI is InChI=1S/C15H18N2O6/c1-10(15(19)20)8-16(11-5-6-11)14(18)9-23-13-4-2-3-12(7-13)17(21)22/h2-4,7,10-11H,5-6,8-9H2,1H3,(H,19,20). The van der Waals surface area contributed by atoms with Gasteiger partial charge in [0.2, 0.25) is 0 Å². The number of carboxylic acids is 1. The van der Waals surface area contributed by atoms with Crippen LogP contribution in [0.4, 0.5) is 5.69 Å². The third-order valence-electron chi connectivity index (χ3n) is 3.59. The van der Waals surface area contributed by atoms with Crippen molar-refractivity contribution in [2.75, 3.05) is 13.2 Å². The van der Waals surface area contributed by atoms with Crippen LogP contribution in [0.25, 0.3) is 0 Å². The van der Waals surface area contributed by atoms with Crippen LogP contribution < -0.4 is 4.74 Å². The molecule has 0 radical (unpaired) electrons. The Hall–Kier alpha value is -2.64. The van der Waals surface area contributed by atoms with Gasteiger partial charge in [0.1, 0.15) is 5.75 Å². The molecule has 0 aliphatic heterocycles. The number of benzene rings is 1. The maximum absolute atomic E-state index is 12.2. The highest BCUT2D eigenvalue weighted by atomic mass is 16.6. The average Bonchev–Trinajstić information content (AvgIpc) is 3.34. The van der Waals surface area contributed by atoms with Crippen LogP contribution in [0.3, 0.4) is 0 Å². The zero-order valence-electron chi connectivity index (χ0n) is 12.7. The van der Waals surface area contributed by atoms with E-state index in [1.807, 2.05) is 0 Å². The predicted molar refractivity (Wildman–Crippen MR) is 80.1 cm³/mol. The Labute approximate surface area is 132 Å². The first-order valence-corrected chi connectivity index (χ1v) is 7.28. The summed E-state index contributed by atoms with van der Waals surface area (Å²) in [5, 5.41) is 19.7. The average molecular weight is 322 g/mol. The molecule has 23 heavy (non-hydrogen) atoms. The molecule has 1 aliphatic carbocycles. The summed E-state index contributed by atoms with van der Waals surface area (Å²) in [5.74, 6) is -1.69. The van der Waals surface area contributed by atoms with Crippen molar-refractivity contribution in [3.8, 4) is 5.75 Å². The third kappa shape index (κ3) is 4.67. The van der Waals surface area contributed by atoms with Crippen molar-refractivity contribution < 1.29 is 24.4 Å². The van der Waals surface area contributed by atoms with Gasteiger partial charge >= 0.3 is 5.97 Å². The number of nitro benzene ring substituents is 1. The minimum atomic E-state index is -0.956. The van der Waals surface area contributed by atoms with E-state index in [1.54, 1.807) is 6.92 Å². The lowest BCUT2D eigenvalue weighted by Gasteiger charge is -2.24. The number of hydrogen-bond donors (Lipinski definition) is 1. The van der Waals surface area contributed by atoms with Crippen molar-refractivity contribution in [1.29, 1.82) is 0 Å². The molecule has 0 spiro atoms. The molecule has 1 aromatic carbocycles. The molecule has 124 valence electrons. The molecule has 0 aromatic heterocycles. The van der Waals surface area contributed by atoms with Gasteiger partial charge in [0, 0.05) is 18.7 Å². The number of aliphatic carboxylic acids is 1. The first-order valence-electron chi connectivity index (χ1n) is 7.28. The molecule has 1 unspecified atom stereocenters. The van der Waals surface area contributed by atoms with Gasteiger partial charge in [-0.2, -0.15) is 0 Å². The number of nitro groups is 1. The molecule has 1 aromatic rings. The largest absolute Gasteiger partial charge is 0.484 e. The Balaban J connectivity index is 1.95. The van der Waals surface area contributed by atoms with E-state index in [1.165, 1.54) is 29.2 Å². The van der Waals surface area contributed by atoms with Gasteiger partial charge in [-0.3, -0.25) is 19.7 Å². The lowest BCUT2D eigenvalue weighted by molar-refractivity contribution is -0.384. The number of carbonyl (C=O) groups excluding carboxylic acids is 1. The molecule has 8 heteroatoms. The van der Waals surface area contributed by atoms with E-state index >= 15 is 0 Å². The van der Waals surface area contributed by atoms with Crippen LogP contribution in [0, 0.1) is 16.0 Å². The van der Waals surface area contributed by atoms with Crippen LogP contribution in [0.2, 0.25) is 0 Å². The minimum Gasteiger partial charge on any atom is -0.484 e. The summed E-state index contributed by atoms with van der Waals surface area (Å²) in [7, 11) is 0. The summed E-state index contributed by atoms with van der Waals surface area (Å²) in [6.07, 6.45) is 1.71. The van der Waals surface area contributed by atoms with Crippen LogP contribution in [0.1, 0.15) is 19.8 Å². The SMILES string of the molecule is CC(CN(C(=O)COc1cccc([N+](=O)[O-])c1)C1CC1)C(=O)O. The van der Waals surface area contributed by atoms with Crippen molar-refractivity contribution in [3.05, 3.63) is 34.4 Å². The van der Waals surface area contributed by atoms with Gasteiger partial charge in [0.15, 0.2) is 6.61 Å². The second-order valence-electron chi connectivity index (χ2n) is 5.56. The number of non-ortho nitro benzene ring substituents is 1. The lowest BCUT2D eigenvalue weighted by atomic mass is 10.1. The van der Waals surface area contributed by atoms with Crippen molar-refractivity contribution in [3.63, 3.8) is 0 Å². The topological polar surface area (TPSA) is 110 Å². The van der Waals surface area contributed by atoms with Gasteiger partial charge in [-0.05, 0) is 18.9 Å². The van der Waals surface area contributed by atoms with E-state index in [4.69, 9.17) is 9.84 Å². The highest BCUT2D eigenvalue weighted by Crippen LogP contribution is 2.28. The van der Waals surface area contributed by atoms with Gasteiger partial charge in [-0.1, -0.05) is 13.0 Å². The van der Waals surface area contributed by atoms with E-state index in [9.17, 15) is 19.7 Å². The van der Waals surface area contributed by atoms with Gasteiger partial charge in [-0.25, -0.2) is 0 Å². The van der Waals surface area contributed by atoms with Crippen molar-refractivity contribution in [2.45, 2.75) is 25.8 Å². The van der Waals surface area contributed by atoms with Gasteiger partial charge in [-0.15, -0.1) is 0 Å². The maximum atomic E-state index is 12.2. The molecule has 1 N–H and O–H groups in total. The quantitative estimate of drug-likeness (QED) is 0.576. The maximum Gasteiger partial charge on any atom is 0.308 e. The van der Waals surface area contributed by atoms with E-state index in [0.717, 1.165) is 12.8 Å². The molecule has 1 fully saturated rings. The second kappa shape index (κ2) is 7.08. The lowest BCUT2D eigenvalue weighted by Crippen LogP contribution is -2.41. The van der Waals surface area contributed by atoms with Crippen LogP contribution >= 0.6 is 0 Å². The fourth-order valence-corrected chi connectivity index (χ4v) is 2.13. The second-order valence-corrected chi connectivity index (χ2v) is 5.56. The number of nitrogens with zero attached hydrogens (tertiary/aromatic N) is 2. The van der Waals surface area contributed by atoms with Crippen molar-refractivity contribution in [1.82, 2.24) is 4.90 Å². The molecule has 1 amide bonds. The molecule has 1 aliphatic rings. The number of hydrogen-bond acceptors (Lipinski definition) is 5. The highest BCUT2D eigenvalue weighted by molar-refractivity contribution is 5.79. The van der Waals surface area contributed by atoms with Crippen LogP contribution in [0.5, 0.6) is 5.75 Å². The summed E-state index contributed by atoms with van der Waals surface area (Å²) in [5.41, 5.74) is -0.117. The van der Waals surface area contributed by atoms with E-state index in [-0.39, 0.29) is 36.5 Å².